The number of benzene rings is 1. The fourth-order valence-corrected chi connectivity index (χ4v) is 3.40. The third-order valence-electron chi connectivity index (χ3n) is 3.26. The first-order valence-electron chi connectivity index (χ1n) is 7.00. The fraction of sp³-hybridized carbons (Fsp3) is 0.176. The van der Waals surface area contributed by atoms with Crippen LogP contribution in [0.4, 0.5) is 0 Å². The van der Waals surface area contributed by atoms with Gasteiger partial charge in [-0.25, -0.2) is 4.98 Å². The van der Waals surface area contributed by atoms with Crippen molar-refractivity contribution in [3.63, 3.8) is 0 Å². The van der Waals surface area contributed by atoms with Gasteiger partial charge in [-0.15, -0.1) is 11.3 Å². The van der Waals surface area contributed by atoms with Crippen molar-refractivity contribution in [3.05, 3.63) is 70.3 Å². The van der Waals surface area contributed by atoms with Gasteiger partial charge in [0.15, 0.2) is 0 Å². The Morgan fingerprint density at radius 2 is 1.76 bits per heavy atom. The molecule has 0 radical (unpaired) electrons. The van der Waals surface area contributed by atoms with E-state index in [-0.39, 0.29) is 0 Å². The smallest absolute Gasteiger partial charge is 0.0948 e. The van der Waals surface area contributed by atoms with E-state index < -0.39 is 0 Å². The maximum atomic E-state index is 5.67. The SMILES string of the molecule is NCCc1nc(-c2ccccc2)c(Cc2ccncc2)s1. The zero-order chi connectivity index (χ0) is 14.5. The lowest BCUT2D eigenvalue weighted by atomic mass is 10.1. The Labute approximate surface area is 128 Å². The lowest BCUT2D eigenvalue weighted by Gasteiger charge is -2.02. The molecular formula is C17H17N3S. The fourth-order valence-electron chi connectivity index (χ4n) is 2.26. The molecule has 0 bridgehead atoms. The summed E-state index contributed by atoms with van der Waals surface area (Å²) in [7, 11) is 0. The highest BCUT2D eigenvalue weighted by Gasteiger charge is 2.13. The van der Waals surface area contributed by atoms with Gasteiger partial charge in [-0.05, 0) is 24.2 Å². The maximum Gasteiger partial charge on any atom is 0.0948 e. The Hall–Kier alpha value is -2.04. The summed E-state index contributed by atoms with van der Waals surface area (Å²) >= 11 is 1.76. The second-order valence-electron chi connectivity index (χ2n) is 4.82. The standard InChI is InChI=1S/C17H17N3S/c18-9-6-16-20-17(14-4-2-1-3-5-14)15(21-16)12-13-7-10-19-11-8-13/h1-5,7-8,10-11H,6,9,12,18H2. The molecule has 2 N–H and O–H groups in total. The Kier molecular flexibility index (Phi) is 4.38. The minimum Gasteiger partial charge on any atom is -0.330 e. The molecule has 2 heterocycles. The van der Waals surface area contributed by atoms with E-state index in [0.717, 1.165) is 23.5 Å². The highest BCUT2D eigenvalue weighted by molar-refractivity contribution is 7.12. The number of rotatable bonds is 5. The van der Waals surface area contributed by atoms with Gasteiger partial charge in [0, 0.05) is 35.7 Å². The van der Waals surface area contributed by atoms with Crippen molar-refractivity contribution in [2.45, 2.75) is 12.8 Å². The number of thiazole rings is 1. The van der Waals surface area contributed by atoms with Crippen LogP contribution in [-0.4, -0.2) is 16.5 Å². The summed E-state index contributed by atoms with van der Waals surface area (Å²) in [5.41, 5.74) is 9.18. The Morgan fingerprint density at radius 3 is 2.48 bits per heavy atom. The van der Waals surface area contributed by atoms with Crippen LogP contribution in [-0.2, 0) is 12.8 Å². The summed E-state index contributed by atoms with van der Waals surface area (Å²) in [5, 5.41) is 1.11. The Balaban J connectivity index is 1.98. The third-order valence-corrected chi connectivity index (χ3v) is 4.38. The van der Waals surface area contributed by atoms with Crippen LogP contribution in [0, 0.1) is 0 Å². The van der Waals surface area contributed by atoms with Crippen LogP contribution in [0.1, 0.15) is 15.4 Å². The molecule has 0 aliphatic rings. The molecule has 4 heteroatoms. The van der Waals surface area contributed by atoms with Crippen LogP contribution in [0.2, 0.25) is 0 Å². The van der Waals surface area contributed by atoms with Gasteiger partial charge < -0.3 is 5.73 Å². The Morgan fingerprint density at radius 1 is 1.00 bits per heavy atom. The second kappa shape index (κ2) is 6.61. The molecule has 1 aromatic carbocycles. The van der Waals surface area contributed by atoms with Gasteiger partial charge in [-0.3, -0.25) is 4.98 Å². The molecule has 2 aromatic heterocycles. The number of hydrogen-bond donors (Lipinski definition) is 1. The van der Waals surface area contributed by atoms with Crippen LogP contribution >= 0.6 is 11.3 Å². The molecule has 0 atom stereocenters. The van der Waals surface area contributed by atoms with Crippen LogP contribution in [0.5, 0.6) is 0 Å². The normalized spacial score (nSPS) is 10.7. The molecule has 3 rings (SSSR count). The first kappa shape index (κ1) is 13.9. The largest absolute Gasteiger partial charge is 0.330 e. The summed E-state index contributed by atoms with van der Waals surface area (Å²) in [5.74, 6) is 0. The maximum absolute atomic E-state index is 5.67. The molecular weight excluding hydrogens is 278 g/mol. The quantitative estimate of drug-likeness (QED) is 0.785. The van der Waals surface area contributed by atoms with Gasteiger partial charge >= 0.3 is 0 Å². The Bertz CT molecular complexity index is 693. The predicted octanol–water partition coefficient (Wildman–Crippen LogP) is 3.30. The van der Waals surface area contributed by atoms with Crippen molar-refractivity contribution in [3.8, 4) is 11.3 Å². The first-order valence-corrected chi connectivity index (χ1v) is 7.81. The number of pyridine rings is 1. The average molecular weight is 295 g/mol. The molecule has 106 valence electrons. The molecule has 0 unspecified atom stereocenters. The second-order valence-corrected chi connectivity index (χ2v) is 5.98. The van der Waals surface area contributed by atoms with E-state index in [9.17, 15) is 0 Å². The highest BCUT2D eigenvalue weighted by atomic mass is 32.1. The van der Waals surface area contributed by atoms with E-state index in [0.29, 0.717) is 6.54 Å². The molecule has 0 aliphatic heterocycles. The minimum atomic E-state index is 0.635. The number of hydrogen-bond acceptors (Lipinski definition) is 4. The monoisotopic (exact) mass is 295 g/mol. The molecule has 3 aromatic rings. The summed E-state index contributed by atoms with van der Waals surface area (Å²) in [6, 6.07) is 14.4. The van der Waals surface area contributed by atoms with E-state index in [2.05, 4.69) is 29.2 Å². The highest BCUT2D eigenvalue weighted by Crippen LogP contribution is 2.30. The molecule has 0 saturated carbocycles. The number of nitrogens with two attached hydrogens (primary N) is 1. The lowest BCUT2D eigenvalue weighted by molar-refractivity contribution is 0.954. The van der Waals surface area contributed by atoms with Gasteiger partial charge in [0.25, 0.3) is 0 Å². The topological polar surface area (TPSA) is 51.8 Å². The van der Waals surface area contributed by atoms with E-state index in [1.165, 1.54) is 16.0 Å². The van der Waals surface area contributed by atoms with Crippen LogP contribution < -0.4 is 5.73 Å². The van der Waals surface area contributed by atoms with E-state index in [4.69, 9.17) is 10.7 Å². The summed E-state index contributed by atoms with van der Waals surface area (Å²) in [6.45, 7) is 0.635. The predicted molar refractivity (Wildman–Crippen MR) is 87.4 cm³/mol. The van der Waals surface area contributed by atoms with E-state index >= 15 is 0 Å². The lowest BCUT2D eigenvalue weighted by Crippen LogP contribution is -2.01. The number of nitrogens with zero attached hydrogens (tertiary/aromatic N) is 2. The molecule has 0 fully saturated rings. The number of aromatic nitrogens is 2. The third kappa shape index (κ3) is 3.35. The van der Waals surface area contributed by atoms with Crippen molar-refractivity contribution in [2.24, 2.45) is 5.73 Å². The average Bonchev–Trinajstić information content (AvgIpc) is 2.92. The zero-order valence-corrected chi connectivity index (χ0v) is 12.5. The van der Waals surface area contributed by atoms with Gasteiger partial charge in [0.05, 0.1) is 10.7 Å². The summed E-state index contributed by atoms with van der Waals surface area (Å²) in [4.78, 5) is 10.2. The van der Waals surface area contributed by atoms with E-state index in [1.807, 2.05) is 30.6 Å². The molecule has 3 nitrogen and oxygen atoms in total. The minimum absolute atomic E-state index is 0.635. The first-order chi connectivity index (χ1) is 10.4. The van der Waals surface area contributed by atoms with Crippen LogP contribution in [0.15, 0.2) is 54.9 Å². The van der Waals surface area contributed by atoms with Crippen LogP contribution in [0.3, 0.4) is 0 Å². The van der Waals surface area contributed by atoms with E-state index in [1.54, 1.807) is 11.3 Å². The van der Waals surface area contributed by atoms with Crippen molar-refractivity contribution in [1.82, 2.24) is 9.97 Å². The van der Waals surface area contributed by atoms with Gasteiger partial charge in [0.1, 0.15) is 0 Å². The van der Waals surface area contributed by atoms with Crippen molar-refractivity contribution >= 4 is 11.3 Å². The van der Waals surface area contributed by atoms with Crippen LogP contribution in [0.25, 0.3) is 11.3 Å². The summed E-state index contributed by atoms with van der Waals surface area (Å²) in [6.07, 6.45) is 5.38. The zero-order valence-electron chi connectivity index (χ0n) is 11.7. The van der Waals surface area contributed by atoms with Crippen molar-refractivity contribution < 1.29 is 0 Å². The van der Waals surface area contributed by atoms with Gasteiger partial charge in [0.2, 0.25) is 0 Å². The molecule has 0 aliphatic carbocycles. The molecule has 0 amide bonds. The molecule has 0 saturated heterocycles. The van der Waals surface area contributed by atoms with Crippen molar-refractivity contribution in [2.75, 3.05) is 6.54 Å². The van der Waals surface area contributed by atoms with Crippen molar-refractivity contribution in [1.29, 1.82) is 0 Å². The van der Waals surface area contributed by atoms with Gasteiger partial charge in [-0.1, -0.05) is 30.3 Å². The molecule has 21 heavy (non-hydrogen) atoms. The summed E-state index contributed by atoms with van der Waals surface area (Å²) < 4.78 is 0. The van der Waals surface area contributed by atoms with Gasteiger partial charge in [-0.2, -0.15) is 0 Å². The molecule has 0 spiro atoms.